The van der Waals surface area contributed by atoms with Crippen LogP contribution in [0.1, 0.15) is 30.4 Å². The first-order chi connectivity index (χ1) is 10.2. The second-order valence-electron chi connectivity index (χ2n) is 5.69. The van der Waals surface area contributed by atoms with Crippen molar-refractivity contribution in [3.8, 4) is 5.75 Å². The SMILES string of the molecule is N/C(CCN(Cc1cc(Br)cc2c1OCC2)C1CC1)=N/O. The molecule has 1 fully saturated rings. The lowest BCUT2D eigenvalue weighted by atomic mass is 10.1. The van der Waals surface area contributed by atoms with E-state index >= 15 is 0 Å². The molecule has 1 saturated carbocycles. The van der Waals surface area contributed by atoms with E-state index in [4.69, 9.17) is 15.7 Å². The molecule has 0 aromatic heterocycles. The summed E-state index contributed by atoms with van der Waals surface area (Å²) in [6.45, 7) is 2.43. The number of ether oxygens (including phenoxy) is 1. The standard InChI is InChI=1S/C15H20BrN3O2/c16-12-7-10-4-6-21-15(10)11(8-12)9-19(13-1-2-13)5-3-14(17)18-20/h7-8,13,20H,1-6,9H2,(H2,17,18). The molecule has 1 aromatic carbocycles. The molecule has 1 aromatic rings. The van der Waals surface area contributed by atoms with Gasteiger partial charge in [0.25, 0.3) is 0 Å². The first-order valence-corrected chi connectivity index (χ1v) is 8.11. The van der Waals surface area contributed by atoms with Crippen LogP contribution in [-0.4, -0.2) is 35.1 Å². The van der Waals surface area contributed by atoms with Gasteiger partial charge in [-0.1, -0.05) is 21.1 Å². The van der Waals surface area contributed by atoms with Gasteiger partial charge in [0.15, 0.2) is 0 Å². The van der Waals surface area contributed by atoms with Gasteiger partial charge in [-0.05, 0) is 30.5 Å². The Morgan fingerprint density at radius 2 is 2.29 bits per heavy atom. The van der Waals surface area contributed by atoms with Crippen molar-refractivity contribution in [2.24, 2.45) is 10.9 Å². The smallest absolute Gasteiger partial charge is 0.140 e. The normalized spacial score (nSPS) is 17.9. The fourth-order valence-corrected chi connectivity index (χ4v) is 3.37. The highest BCUT2D eigenvalue weighted by molar-refractivity contribution is 9.10. The third kappa shape index (κ3) is 3.49. The van der Waals surface area contributed by atoms with Gasteiger partial charge in [0.1, 0.15) is 11.6 Å². The number of oxime groups is 1. The van der Waals surface area contributed by atoms with Gasteiger partial charge in [-0.2, -0.15) is 0 Å². The number of fused-ring (bicyclic) bond motifs is 1. The summed E-state index contributed by atoms with van der Waals surface area (Å²) in [6, 6.07) is 4.90. The topological polar surface area (TPSA) is 71.1 Å². The maximum absolute atomic E-state index is 8.67. The van der Waals surface area contributed by atoms with E-state index in [9.17, 15) is 0 Å². The minimum atomic E-state index is 0.288. The maximum atomic E-state index is 8.67. The Labute approximate surface area is 132 Å². The van der Waals surface area contributed by atoms with Crippen LogP contribution in [0.3, 0.4) is 0 Å². The fourth-order valence-electron chi connectivity index (χ4n) is 2.82. The van der Waals surface area contributed by atoms with E-state index in [1.165, 1.54) is 24.0 Å². The Hall–Kier alpha value is -1.27. The molecule has 0 spiro atoms. The van der Waals surface area contributed by atoms with Crippen LogP contribution < -0.4 is 10.5 Å². The Balaban J connectivity index is 1.74. The molecule has 0 bridgehead atoms. The van der Waals surface area contributed by atoms with Crippen LogP contribution in [-0.2, 0) is 13.0 Å². The molecular formula is C15H20BrN3O2. The largest absolute Gasteiger partial charge is 0.493 e. The fraction of sp³-hybridized carbons (Fsp3) is 0.533. The van der Waals surface area contributed by atoms with Crippen molar-refractivity contribution in [1.29, 1.82) is 0 Å². The van der Waals surface area contributed by atoms with Crippen LogP contribution in [0.25, 0.3) is 0 Å². The zero-order valence-corrected chi connectivity index (χ0v) is 13.5. The van der Waals surface area contributed by atoms with Crippen molar-refractivity contribution in [2.75, 3.05) is 13.2 Å². The van der Waals surface area contributed by atoms with E-state index in [-0.39, 0.29) is 5.84 Å². The summed E-state index contributed by atoms with van der Waals surface area (Å²) in [5.74, 6) is 1.34. The zero-order valence-electron chi connectivity index (χ0n) is 11.9. The molecule has 1 heterocycles. The summed E-state index contributed by atoms with van der Waals surface area (Å²) < 4.78 is 6.90. The molecule has 0 amide bonds. The van der Waals surface area contributed by atoms with Gasteiger partial charge >= 0.3 is 0 Å². The predicted molar refractivity (Wildman–Crippen MR) is 84.8 cm³/mol. The average molecular weight is 354 g/mol. The van der Waals surface area contributed by atoms with Gasteiger partial charge in [0.2, 0.25) is 0 Å². The molecule has 0 unspecified atom stereocenters. The lowest BCUT2D eigenvalue weighted by Crippen LogP contribution is -2.30. The van der Waals surface area contributed by atoms with Crippen molar-refractivity contribution >= 4 is 21.8 Å². The summed E-state index contributed by atoms with van der Waals surface area (Å²) in [5, 5.41) is 11.7. The van der Waals surface area contributed by atoms with E-state index in [0.717, 1.165) is 36.3 Å². The maximum Gasteiger partial charge on any atom is 0.140 e. The first kappa shape index (κ1) is 14.7. The number of halogens is 1. The number of hydrogen-bond donors (Lipinski definition) is 2. The predicted octanol–water partition coefficient (Wildman–Crippen LogP) is 2.48. The number of benzene rings is 1. The third-order valence-corrected chi connectivity index (χ3v) is 4.50. The lowest BCUT2D eigenvalue weighted by molar-refractivity contribution is 0.254. The molecule has 1 aliphatic heterocycles. The van der Waals surface area contributed by atoms with Gasteiger partial charge in [-0.15, -0.1) is 0 Å². The molecule has 0 radical (unpaired) electrons. The molecule has 3 N–H and O–H groups in total. The van der Waals surface area contributed by atoms with Crippen LogP contribution in [0.15, 0.2) is 21.8 Å². The summed E-state index contributed by atoms with van der Waals surface area (Å²) in [5.41, 5.74) is 8.10. The van der Waals surface area contributed by atoms with Crippen LogP contribution in [0, 0.1) is 0 Å². The number of nitrogens with two attached hydrogens (primary N) is 1. The number of hydrogen-bond acceptors (Lipinski definition) is 4. The molecular weight excluding hydrogens is 334 g/mol. The lowest BCUT2D eigenvalue weighted by Gasteiger charge is -2.23. The van der Waals surface area contributed by atoms with Gasteiger partial charge in [-0.25, -0.2) is 0 Å². The summed E-state index contributed by atoms with van der Waals surface area (Å²) in [7, 11) is 0. The number of amidine groups is 1. The van der Waals surface area contributed by atoms with Crippen LogP contribution in [0.5, 0.6) is 5.75 Å². The molecule has 2 aliphatic rings. The molecule has 114 valence electrons. The highest BCUT2D eigenvalue weighted by Gasteiger charge is 2.30. The van der Waals surface area contributed by atoms with E-state index in [1.807, 2.05) is 0 Å². The van der Waals surface area contributed by atoms with Crippen molar-refractivity contribution in [1.82, 2.24) is 4.90 Å². The first-order valence-electron chi connectivity index (χ1n) is 7.32. The van der Waals surface area contributed by atoms with E-state index in [1.54, 1.807) is 0 Å². The van der Waals surface area contributed by atoms with Crippen LogP contribution >= 0.6 is 15.9 Å². The minimum Gasteiger partial charge on any atom is -0.493 e. The van der Waals surface area contributed by atoms with Gasteiger partial charge in [0, 0.05) is 42.0 Å². The molecule has 0 saturated heterocycles. The van der Waals surface area contributed by atoms with Crippen LogP contribution in [0.4, 0.5) is 0 Å². The Morgan fingerprint density at radius 3 is 3.00 bits per heavy atom. The van der Waals surface area contributed by atoms with Gasteiger partial charge in [0.05, 0.1) is 6.61 Å². The summed E-state index contributed by atoms with van der Waals surface area (Å²) in [6.07, 6.45) is 4.03. The highest BCUT2D eigenvalue weighted by atomic mass is 79.9. The van der Waals surface area contributed by atoms with E-state index < -0.39 is 0 Å². The quantitative estimate of drug-likeness (QED) is 0.356. The Bertz CT molecular complexity index is 558. The molecule has 1 aliphatic carbocycles. The van der Waals surface area contributed by atoms with Crippen molar-refractivity contribution in [2.45, 2.75) is 38.3 Å². The molecule has 5 nitrogen and oxygen atoms in total. The summed E-state index contributed by atoms with van der Waals surface area (Å²) in [4.78, 5) is 2.40. The zero-order chi connectivity index (χ0) is 14.8. The second-order valence-corrected chi connectivity index (χ2v) is 6.61. The molecule has 21 heavy (non-hydrogen) atoms. The third-order valence-electron chi connectivity index (χ3n) is 4.05. The molecule has 3 rings (SSSR count). The van der Waals surface area contributed by atoms with Crippen LogP contribution in [0.2, 0.25) is 0 Å². The van der Waals surface area contributed by atoms with Crippen molar-refractivity contribution in [3.63, 3.8) is 0 Å². The molecule has 0 atom stereocenters. The van der Waals surface area contributed by atoms with Gasteiger partial charge < -0.3 is 15.7 Å². The monoisotopic (exact) mass is 353 g/mol. The Kier molecular flexibility index (Phi) is 4.35. The minimum absolute atomic E-state index is 0.288. The molecule has 6 heteroatoms. The van der Waals surface area contributed by atoms with Crippen molar-refractivity contribution in [3.05, 3.63) is 27.7 Å². The number of rotatable bonds is 6. The summed E-state index contributed by atoms with van der Waals surface area (Å²) >= 11 is 3.59. The van der Waals surface area contributed by atoms with Gasteiger partial charge in [-0.3, -0.25) is 4.90 Å². The van der Waals surface area contributed by atoms with E-state index in [2.05, 4.69) is 38.1 Å². The Morgan fingerprint density at radius 1 is 1.48 bits per heavy atom. The highest BCUT2D eigenvalue weighted by Crippen LogP contribution is 2.36. The second kappa shape index (κ2) is 6.23. The van der Waals surface area contributed by atoms with E-state index in [0.29, 0.717) is 12.5 Å². The number of nitrogens with zero attached hydrogens (tertiary/aromatic N) is 2. The van der Waals surface area contributed by atoms with Crippen molar-refractivity contribution < 1.29 is 9.94 Å². The average Bonchev–Trinajstić information content (AvgIpc) is 3.21.